The van der Waals surface area contributed by atoms with Gasteiger partial charge in [-0.2, -0.15) is 4.98 Å². The molecule has 0 unspecified atom stereocenters. The standard InChI is InChI=1S/C16H19N3O2/c20-16(7-4-8-16)12-18-14-9-17-10-15(19-14)21-11-13-5-2-1-3-6-13/h1-3,5-6,9-10,20H,4,7-8,11-12H2,(H,18,19). The number of rotatable bonds is 6. The van der Waals surface area contributed by atoms with Crippen LogP contribution in [0.15, 0.2) is 42.7 Å². The maximum atomic E-state index is 10.1. The summed E-state index contributed by atoms with van der Waals surface area (Å²) in [5.41, 5.74) is 0.504. The lowest BCUT2D eigenvalue weighted by atomic mass is 9.80. The minimum absolute atomic E-state index is 0.461. The minimum atomic E-state index is -0.581. The summed E-state index contributed by atoms with van der Waals surface area (Å²) < 4.78 is 5.63. The summed E-state index contributed by atoms with van der Waals surface area (Å²) in [6.07, 6.45) is 6.00. The van der Waals surface area contributed by atoms with Crippen molar-refractivity contribution in [3.8, 4) is 5.88 Å². The third kappa shape index (κ3) is 3.70. The van der Waals surface area contributed by atoms with E-state index in [0.717, 1.165) is 24.8 Å². The van der Waals surface area contributed by atoms with Gasteiger partial charge in [0.05, 0.1) is 18.0 Å². The van der Waals surface area contributed by atoms with Crippen molar-refractivity contribution in [2.45, 2.75) is 31.5 Å². The Hall–Kier alpha value is -2.14. The van der Waals surface area contributed by atoms with Crippen LogP contribution in [0.3, 0.4) is 0 Å². The van der Waals surface area contributed by atoms with Gasteiger partial charge in [0.2, 0.25) is 5.88 Å². The zero-order valence-corrected chi connectivity index (χ0v) is 11.8. The van der Waals surface area contributed by atoms with Crippen molar-refractivity contribution >= 4 is 5.82 Å². The highest BCUT2D eigenvalue weighted by atomic mass is 16.5. The molecular formula is C16H19N3O2. The molecule has 1 aliphatic carbocycles. The molecule has 1 heterocycles. The number of nitrogens with zero attached hydrogens (tertiary/aromatic N) is 2. The molecule has 110 valence electrons. The first-order chi connectivity index (χ1) is 10.2. The Balaban J connectivity index is 1.55. The summed E-state index contributed by atoms with van der Waals surface area (Å²) in [5, 5.41) is 13.2. The number of ether oxygens (including phenoxy) is 1. The maximum absolute atomic E-state index is 10.1. The molecule has 0 radical (unpaired) electrons. The Morgan fingerprint density at radius 1 is 1.19 bits per heavy atom. The van der Waals surface area contributed by atoms with Crippen LogP contribution in [0.1, 0.15) is 24.8 Å². The molecule has 0 spiro atoms. The topological polar surface area (TPSA) is 67.3 Å². The lowest BCUT2D eigenvalue weighted by molar-refractivity contribution is -0.0202. The molecule has 5 heteroatoms. The second-order valence-electron chi connectivity index (χ2n) is 5.45. The highest BCUT2D eigenvalue weighted by molar-refractivity contribution is 5.34. The van der Waals surface area contributed by atoms with Gasteiger partial charge >= 0.3 is 0 Å². The Labute approximate surface area is 124 Å². The molecule has 0 bridgehead atoms. The predicted molar refractivity (Wildman–Crippen MR) is 80.1 cm³/mol. The predicted octanol–water partition coefficient (Wildman–Crippen LogP) is 2.38. The number of hydrogen-bond donors (Lipinski definition) is 2. The summed E-state index contributed by atoms with van der Waals surface area (Å²) in [5.74, 6) is 1.10. The minimum Gasteiger partial charge on any atom is -0.472 e. The molecule has 0 amide bonds. The fourth-order valence-corrected chi connectivity index (χ4v) is 2.25. The smallest absolute Gasteiger partial charge is 0.234 e. The molecule has 1 aromatic heterocycles. The van der Waals surface area contributed by atoms with E-state index in [1.165, 1.54) is 0 Å². The third-order valence-corrected chi connectivity index (χ3v) is 3.72. The quantitative estimate of drug-likeness (QED) is 0.853. The van der Waals surface area contributed by atoms with Crippen LogP contribution in [0.5, 0.6) is 5.88 Å². The first kappa shape index (κ1) is 13.8. The van der Waals surface area contributed by atoms with Crippen molar-refractivity contribution in [1.29, 1.82) is 0 Å². The van der Waals surface area contributed by atoms with Crippen LogP contribution >= 0.6 is 0 Å². The molecule has 1 aliphatic rings. The Bertz CT molecular complexity index is 585. The van der Waals surface area contributed by atoms with E-state index in [0.29, 0.717) is 24.8 Å². The highest BCUT2D eigenvalue weighted by Crippen LogP contribution is 2.31. The fraction of sp³-hybridized carbons (Fsp3) is 0.375. The largest absolute Gasteiger partial charge is 0.472 e. The van der Waals surface area contributed by atoms with Crippen LogP contribution in [0.2, 0.25) is 0 Å². The molecular weight excluding hydrogens is 266 g/mol. The van der Waals surface area contributed by atoms with E-state index in [9.17, 15) is 5.11 Å². The van der Waals surface area contributed by atoms with Gasteiger partial charge in [-0.05, 0) is 24.8 Å². The van der Waals surface area contributed by atoms with Crippen molar-refractivity contribution < 1.29 is 9.84 Å². The van der Waals surface area contributed by atoms with E-state index in [4.69, 9.17) is 4.74 Å². The van der Waals surface area contributed by atoms with Crippen LogP contribution in [-0.2, 0) is 6.61 Å². The molecule has 1 aromatic carbocycles. The summed E-state index contributed by atoms with van der Waals surface area (Å²) in [4.78, 5) is 8.45. The van der Waals surface area contributed by atoms with E-state index >= 15 is 0 Å². The number of aliphatic hydroxyl groups is 1. The molecule has 0 saturated heterocycles. The number of aromatic nitrogens is 2. The van der Waals surface area contributed by atoms with E-state index in [1.54, 1.807) is 12.4 Å². The normalized spacial score (nSPS) is 16.0. The van der Waals surface area contributed by atoms with Gasteiger partial charge in [-0.15, -0.1) is 0 Å². The average Bonchev–Trinajstić information content (AvgIpc) is 2.51. The average molecular weight is 285 g/mol. The van der Waals surface area contributed by atoms with Gasteiger partial charge in [0.1, 0.15) is 12.4 Å². The van der Waals surface area contributed by atoms with Crippen molar-refractivity contribution in [1.82, 2.24) is 9.97 Å². The summed E-state index contributed by atoms with van der Waals surface area (Å²) in [6, 6.07) is 9.92. The van der Waals surface area contributed by atoms with Crippen LogP contribution in [-0.4, -0.2) is 27.2 Å². The zero-order chi connectivity index (χ0) is 14.5. The molecule has 21 heavy (non-hydrogen) atoms. The monoisotopic (exact) mass is 285 g/mol. The van der Waals surface area contributed by atoms with Gasteiger partial charge in [0.25, 0.3) is 0 Å². The number of anilines is 1. The summed E-state index contributed by atoms with van der Waals surface area (Å²) in [7, 11) is 0. The number of nitrogens with one attached hydrogen (secondary N) is 1. The second-order valence-corrected chi connectivity index (χ2v) is 5.45. The van der Waals surface area contributed by atoms with E-state index in [-0.39, 0.29) is 0 Å². The van der Waals surface area contributed by atoms with E-state index in [2.05, 4.69) is 15.3 Å². The lowest BCUT2D eigenvalue weighted by Gasteiger charge is -2.36. The van der Waals surface area contributed by atoms with Gasteiger partial charge in [0.15, 0.2) is 0 Å². The van der Waals surface area contributed by atoms with Crippen molar-refractivity contribution in [2.24, 2.45) is 0 Å². The maximum Gasteiger partial charge on any atom is 0.234 e. The Morgan fingerprint density at radius 3 is 2.71 bits per heavy atom. The van der Waals surface area contributed by atoms with Crippen LogP contribution in [0.25, 0.3) is 0 Å². The first-order valence-corrected chi connectivity index (χ1v) is 7.19. The molecule has 1 saturated carbocycles. The Morgan fingerprint density at radius 2 is 2.00 bits per heavy atom. The zero-order valence-electron chi connectivity index (χ0n) is 11.8. The van der Waals surface area contributed by atoms with Crippen molar-refractivity contribution in [3.63, 3.8) is 0 Å². The molecule has 2 aromatic rings. The van der Waals surface area contributed by atoms with Gasteiger partial charge in [-0.3, -0.25) is 4.98 Å². The van der Waals surface area contributed by atoms with Gasteiger partial charge < -0.3 is 15.2 Å². The number of benzene rings is 1. The summed E-state index contributed by atoms with van der Waals surface area (Å²) in [6.45, 7) is 0.965. The fourth-order valence-electron chi connectivity index (χ4n) is 2.25. The van der Waals surface area contributed by atoms with Crippen molar-refractivity contribution in [2.75, 3.05) is 11.9 Å². The summed E-state index contributed by atoms with van der Waals surface area (Å²) >= 11 is 0. The van der Waals surface area contributed by atoms with Crippen LogP contribution in [0, 0.1) is 0 Å². The highest BCUT2D eigenvalue weighted by Gasteiger charge is 2.34. The first-order valence-electron chi connectivity index (χ1n) is 7.19. The molecule has 2 N–H and O–H groups in total. The van der Waals surface area contributed by atoms with Gasteiger partial charge in [0, 0.05) is 6.54 Å². The molecule has 0 aliphatic heterocycles. The molecule has 0 atom stereocenters. The van der Waals surface area contributed by atoms with Crippen molar-refractivity contribution in [3.05, 3.63) is 48.3 Å². The van der Waals surface area contributed by atoms with E-state index < -0.39 is 5.60 Å². The molecule has 3 rings (SSSR count). The van der Waals surface area contributed by atoms with Gasteiger partial charge in [-0.1, -0.05) is 30.3 Å². The number of hydrogen-bond acceptors (Lipinski definition) is 5. The SMILES string of the molecule is OC1(CNc2cncc(OCc3ccccc3)n2)CCC1. The molecule has 1 fully saturated rings. The second kappa shape index (κ2) is 6.10. The third-order valence-electron chi connectivity index (χ3n) is 3.72. The van der Waals surface area contributed by atoms with E-state index in [1.807, 2.05) is 30.3 Å². The van der Waals surface area contributed by atoms with Gasteiger partial charge in [-0.25, -0.2) is 0 Å². The van der Waals surface area contributed by atoms with Crippen LogP contribution in [0.4, 0.5) is 5.82 Å². The molecule has 5 nitrogen and oxygen atoms in total. The van der Waals surface area contributed by atoms with Crippen LogP contribution < -0.4 is 10.1 Å². The lowest BCUT2D eigenvalue weighted by Crippen LogP contribution is -2.43. The Kier molecular flexibility index (Phi) is 4.01.